The van der Waals surface area contributed by atoms with E-state index in [0.717, 1.165) is 38.5 Å². The third-order valence-electron chi connectivity index (χ3n) is 3.22. The van der Waals surface area contributed by atoms with Crippen LogP contribution in [0, 0.1) is 11.3 Å². The van der Waals surface area contributed by atoms with Crippen molar-refractivity contribution in [2.24, 2.45) is 0 Å². The molecular formula is C14H19N3O. The molecule has 0 aliphatic carbocycles. The summed E-state index contributed by atoms with van der Waals surface area (Å²) in [6.45, 7) is 6.90. The van der Waals surface area contributed by atoms with Gasteiger partial charge in [0.05, 0.1) is 24.3 Å². The summed E-state index contributed by atoms with van der Waals surface area (Å²) >= 11 is 0. The minimum Gasteiger partial charge on any atom is -0.382 e. The molecule has 1 atom stereocenters. The van der Waals surface area contributed by atoms with E-state index in [2.05, 4.69) is 23.2 Å². The zero-order valence-corrected chi connectivity index (χ0v) is 10.7. The van der Waals surface area contributed by atoms with Gasteiger partial charge in [0.25, 0.3) is 0 Å². The van der Waals surface area contributed by atoms with E-state index in [1.807, 2.05) is 24.3 Å². The molecule has 96 valence electrons. The summed E-state index contributed by atoms with van der Waals surface area (Å²) in [5.74, 6) is 0. The van der Waals surface area contributed by atoms with E-state index in [-0.39, 0.29) is 6.10 Å². The fourth-order valence-corrected chi connectivity index (χ4v) is 2.09. The van der Waals surface area contributed by atoms with Gasteiger partial charge in [0.1, 0.15) is 0 Å². The molecule has 0 amide bonds. The minimum atomic E-state index is 0.245. The van der Waals surface area contributed by atoms with Crippen molar-refractivity contribution in [1.82, 2.24) is 4.90 Å². The van der Waals surface area contributed by atoms with Crippen molar-refractivity contribution in [3.05, 3.63) is 29.8 Å². The Hall–Kier alpha value is -1.57. The Labute approximate surface area is 108 Å². The van der Waals surface area contributed by atoms with Crippen molar-refractivity contribution in [2.45, 2.75) is 13.0 Å². The SMILES string of the molecule is CCN1CCOC(CNc2ccc(C#N)cc2)C1. The number of ether oxygens (including phenoxy) is 1. The first-order valence-electron chi connectivity index (χ1n) is 6.40. The molecular weight excluding hydrogens is 226 g/mol. The maximum atomic E-state index is 8.72. The molecule has 1 fully saturated rings. The highest BCUT2D eigenvalue weighted by molar-refractivity contribution is 5.47. The second-order valence-corrected chi connectivity index (χ2v) is 4.46. The van der Waals surface area contributed by atoms with Crippen molar-refractivity contribution in [1.29, 1.82) is 5.26 Å². The summed E-state index contributed by atoms with van der Waals surface area (Å²) in [5, 5.41) is 12.1. The number of nitrogens with one attached hydrogen (secondary N) is 1. The predicted molar refractivity (Wildman–Crippen MR) is 71.5 cm³/mol. The van der Waals surface area contributed by atoms with Gasteiger partial charge < -0.3 is 10.1 Å². The molecule has 0 radical (unpaired) electrons. The van der Waals surface area contributed by atoms with Crippen LogP contribution >= 0.6 is 0 Å². The predicted octanol–water partition coefficient (Wildman–Crippen LogP) is 1.69. The standard InChI is InChI=1S/C14H19N3O/c1-2-17-7-8-18-14(11-17)10-16-13-5-3-12(9-15)4-6-13/h3-6,14,16H,2,7-8,10-11H2,1H3. The van der Waals surface area contributed by atoms with E-state index >= 15 is 0 Å². The lowest BCUT2D eigenvalue weighted by molar-refractivity contribution is -0.0191. The van der Waals surface area contributed by atoms with Crippen LogP contribution in [0.1, 0.15) is 12.5 Å². The topological polar surface area (TPSA) is 48.3 Å². The highest BCUT2D eigenvalue weighted by Crippen LogP contribution is 2.10. The van der Waals surface area contributed by atoms with Gasteiger partial charge in [-0.2, -0.15) is 5.26 Å². The molecule has 4 nitrogen and oxygen atoms in total. The van der Waals surface area contributed by atoms with Crippen molar-refractivity contribution in [2.75, 3.05) is 38.1 Å². The second kappa shape index (κ2) is 6.39. The maximum absolute atomic E-state index is 8.72. The highest BCUT2D eigenvalue weighted by Gasteiger charge is 2.18. The third kappa shape index (κ3) is 3.46. The first-order chi connectivity index (χ1) is 8.81. The average Bonchev–Trinajstić information content (AvgIpc) is 2.46. The van der Waals surface area contributed by atoms with Crippen LogP contribution in [-0.4, -0.2) is 43.8 Å². The van der Waals surface area contributed by atoms with Crippen LogP contribution in [0.5, 0.6) is 0 Å². The largest absolute Gasteiger partial charge is 0.382 e. The van der Waals surface area contributed by atoms with Crippen LogP contribution in [0.4, 0.5) is 5.69 Å². The van der Waals surface area contributed by atoms with Crippen LogP contribution < -0.4 is 5.32 Å². The van der Waals surface area contributed by atoms with Crippen LogP contribution in [0.15, 0.2) is 24.3 Å². The van der Waals surface area contributed by atoms with Crippen LogP contribution in [0.3, 0.4) is 0 Å². The minimum absolute atomic E-state index is 0.245. The van der Waals surface area contributed by atoms with Gasteiger partial charge in [-0.1, -0.05) is 6.92 Å². The number of likely N-dealkylation sites (N-methyl/N-ethyl adjacent to an activating group) is 1. The zero-order valence-electron chi connectivity index (χ0n) is 10.7. The van der Waals surface area contributed by atoms with Gasteiger partial charge in [-0.25, -0.2) is 0 Å². The molecule has 2 rings (SSSR count). The fraction of sp³-hybridized carbons (Fsp3) is 0.500. The van der Waals surface area contributed by atoms with Gasteiger partial charge in [-0.05, 0) is 30.8 Å². The Kier molecular flexibility index (Phi) is 4.57. The Bertz CT molecular complexity index is 410. The fourth-order valence-electron chi connectivity index (χ4n) is 2.09. The molecule has 0 saturated carbocycles. The first-order valence-corrected chi connectivity index (χ1v) is 6.40. The summed E-state index contributed by atoms with van der Waals surface area (Å²) in [7, 11) is 0. The first kappa shape index (κ1) is 12.9. The third-order valence-corrected chi connectivity index (χ3v) is 3.22. The number of benzene rings is 1. The lowest BCUT2D eigenvalue weighted by Crippen LogP contribution is -2.45. The number of rotatable bonds is 4. The Balaban J connectivity index is 1.81. The van der Waals surface area contributed by atoms with Gasteiger partial charge in [-0.15, -0.1) is 0 Å². The van der Waals surface area contributed by atoms with Gasteiger partial charge in [0.15, 0.2) is 0 Å². The van der Waals surface area contributed by atoms with Crippen LogP contribution in [0.25, 0.3) is 0 Å². The van der Waals surface area contributed by atoms with Gasteiger partial charge in [0.2, 0.25) is 0 Å². The maximum Gasteiger partial charge on any atom is 0.0991 e. The number of morpholine rings is 1. The van der Waals surface area contributed by atoms with E-state index < -0.39 is 0 Å². The number of anilines is 1. The monoisotopic (exact) mass is 245 g/mol. The summed E-state index contributed by atoms with van der Waals surface area (Å²) in [6, 6.07) is 9.62. The van der Waals surface area contributed by atoms with Crippen LogP contribution in [-0.2, 0) is 4.74 Å². The molecule has 4 heteroatoms. The summed E-state index contributed by atoms with van der Waals surface area (Å²) < 4.78 is 5.72. The van der Waals surface area contributed by atoms with Gasteiger partial charge in [-0.3, -0.25) is 4.90 Å². The lowest BCUT2D eigenvalue weighted by Gasteiger charge is -2.32. The van der Waals surface area contributed by atoms with Crippen molar-refractivity contribution in [3.8, 4) is 6.07 Å². The Morgan fingerprint density at radius 3 is 2.89 bits per heavy atom. The lowest BCUT2D eigenvalue weighted by atomic mass is 10.2. The molecule has 1 N–H and O–H groups in total. The number of nitrogens with zero attached hydrogens (tertiary/aromatic N) is 2. The van der Waals surface area contributed by atoms with Crippen molar-refractivity contribution < 1.29 is 4.74 Å². The Morgan fingerprint density at radius 1 is 1.44 bits per heavy atom. The van der Waals surface area contributed by atoms with Gasteiger partial charge >= 0.3 is 0 Å². The Morgan fingerprint density at radius 2 is 2.22 bits per heavy atom. The van der Waals surface area contributed by atoms with Crippen LogP contribution in [0.2, 0.25) is 0 Å². The van der Waals surface area contributed by atoms with E-state index in [1.165, 1.54) is 0 Å². The number of hydrogen-bond donors (Lipinski definition) is 1. The molecule has 0 spiro atoms. The van der Waals surface area contributed by atoms with Crippen molar-refractivity contribution >= 4 is 5.69 Å². The molecule has 0 bridgehead atoms. The molecule has 1 unspecified atom stereocenters. The molecule has 1 saturated heterocycles. The van der Waals surface area contributed by atoms with E-state index in [0.29, 0.717) is 5.56 Å². The quantitative estimate of drug-likeness (QED) is 0.877. The highest BCUT2D eigenvalue weighted by atomic mass is 16.5. The number of nitriles is 1. The van der Waals surface area contributed by atoms with E-state index in [9.17, 15) is 0 Å². The second-order valence-electron chi connectivity index (χ2n) is 4.46. The van der Waals surface area contributed by atoms with Gasteiger partial charge in [0, 0.05) is 25.3 Å². The van der Waals surface area contributed by atoms with Crippen molar-refractivity contribution in [3.63, 3.8) is 0 Å². The normalized spacial score (nSPS) is 20.3. The molecule has 18 heavy (non-hydrogen) atoms. The molecule has 1 aromatic rings. The summed E-state index contributed by atoms with van der Waals surface area (Å²) in [5.41, 5.74) is 1.72. The smallest absolute Gasteiger partial charge is 0.0991 e. The summed E-state index contributed by atoms with van der Waals surface area (Å²) in [6.07, 6.45) is 0.245. The molecule has 1 aliphatic heterocycles. The molecule has 0 aromatic heterocycles. The number of hydrogen-bond acceptors (Lipinski definition) is 4. The molecule has 1 aliphatic rings. The van der Waals surface area contributed by atoms with E-state index in [4.69, 9.17) is 10.00 Å². The summed E-state index contributed by atoms with van der Waals surface area (Å²) in [4.78, 5) is 2.40. The van der Waals surface area contributed by atoms with E-state index in [1.54, 1.807) is 0 Å². The average molecular weight is 245 g/mol. The zero-order chi connectivity index (χ0) is 12.8. The molecule has 1 aromatic carbocycles. The molecule has 1 heterocycles.